The lowest BCUT2D eigenvalue weighted by molar-refractivity contribution is -0.157. The quantitative estimate of drug-likeness (QED) is 0.576. The lowest BCUT2D eigenvalue weighted by Gasteiger charge is -2.37. The number of esters is 1. The first-order chi connectivity index (χ1) is 10.4. The summed E-state index contributed by atoms with van der Waals surface area (Å²) >= 11 is 0. The molecule has 6 heteroatoms. The molecule has 0 aromatic heterocycles. The van der Waals surface area contributed by atoms with Gasteiger partial charge in [-0.3, -0.25) is 4.79 Å². The molecule has 2 unspecified atom stereocenters. The third kappa shape index (κ3) is 5.09. The summed E-state index contributed by atoms with van der Waals surface area (Å²) in [6.07, 6.45) is 0.665. The molecule has 132 valence electrons. The fraction of sp³-hybridized carbons (Fsp3) is 0.882. The second-order valence-electron chi connectivity index (χ2n) is 8.52. The van der Waals surface area contributed by atoms with Crippen molar-refractivity contribution in [3.63, 3.8) is 0 Å². The molecule has 0 bridgehead atoms. The Labute approximate surface area is 138 Å². The Morgan fingerprint density at radius 1 is 1.13 bits per heavy atom. The van der Waals surface area contributed by atoms with Gasteiger partial charge >= 0.3 is 12.1 Å². The first-order valence-electron chi connectivity index (χ1n) is 8.24. The number of carbonyl (C=O) groups is 2. The second kappa shape index (κ2) is 5.96. The molecule has 2 aliphatic rings. The zero-order valence-electron chi connectivity index (χ0n) is 15.1. The molecule has 2 aliphatic heterocycles. The van der Waals surface area contributed by atoms with E-state index >= 15 is 0 Å². The van der Waals surface area contributed by atoms with Crippen LogP contribution in [0.25, 0.3) is 0 Å². The monoisotopic (exact) mass is 327 g/mol. The minimum Gasteiger partial charge on any atom is -0.460 e. The van der Waals surface area contributed by atoms with E-state index in [4.69, 9.17) is 14.2 Å². The molecule has 0 aromatic rings. The Hall–Kier alpha value is -1.30. The fourth-order valence-electron chi connectivity index (χ4n) is 2.85. The summed E-state index contributed by atoms with van der Waals surface area (Å²) in [5.74, 6) is -0.290. The van der Waals surface area contributed by atoms with Crippen LogP contribution in [0.3, 0.4) is 0 Å². The molecule has 1 spiro atoms. The van der Waals surface area contributed by atoms with Crippen molar-refractivity contribution >= 4 is 12.1 Å². The van der Waals surface area contributed by atoms with E-state index in [1.54, 1.807) is 4.90 Å². The van der Waals surface area contributed by atoms with Crippen LogP contribution in [0.15, 0.2) is 0 Å². The third-order valence-electron chi connectivity index (χ3n) is 3.99. The van der Waals surface area contributed by atoms with E-state index in [-0.39, 0.29) is 30.0 Å². The van der Waals surface area contributed by atoms with Gasteiger partial charge in [-0.1, -0.05) is 0 Å². The molecule has 2 heterocycles. The van der Waals surface area contributed by atoms with Gasteiger partial charge in [-0.25, -0.2) is 4.79 Å². The summed E-state index contributed by atoms with van der Waals surface area (Å²) < 4.78 is 16.5. The van der Waals surface area contributed by atoms with E-state index in [1.165, 1.54) is 0 Å². The van der Waals surface area contributed by atoms with Gasteiger partial charge < -0.3 is 19.1 Å². The lowest BCUT2D eigenvalue weighted by atomic mass is 9.83. The van der Waals surface area contributed by atoms with E-state index in [0.29, 0.717) is 19.7 Å². The molecule has 2 saturated heterocycles. The van der Waals surface area contributed by atoms with Crippen LogP contribution in [0, 0.1) is 5.92 Å². The molecular formula is C17H29NO5. The highest BCUT2D eigenvalue weighted by atomic mass is 16.6. The van der Waals surface area contributed by atoms with Crippen molar-refractivity contribution < 1.29 is 23.8 Å². The maximum Gasteiger partial charge on any atom is 0.410 e. The highest BCUT2D eigenvalue weighted by Crippen LogP contribution is 2.44. The van der Waals surface area contributed by atoms with Crippen LogP contribution in [-0.4, -0.2) is 53.5 Å². The van der Waals surface area contributed by atoms with Gasteiger partial charge in [0.25, 0.3) is 0 Å². The largest absolute Gasteiger partial charge is 0.460 e. The molecule has 0 aromatic carbocycles. The SMILES string of the molecule is CC(C)(C)OC(=O)CC1CN(C(=O)OC(C)(C)C)CCC12CO2. The van der Waals surface area contributed by atoms with E-state index in [2.05, 4.69) is 0 Å². The van der Waals surface area contributed by atoms with Crippen LogP contribution < -0.4 is 0 Å². The van der Waals surface area contributed by atoms with E-state index in [1.807, 2.05) is 41.5 Å². The number of piperidine rings is 1. The van der Waals surface area contributed by atoms with Crippen LogP contribution in [0.4, 0.5) is 4.79 Å². The standard InChI is InChI=1S/C17H29NO5/c1-15(2,3)22-13(19)9-12-10-18(8-7-17(12)11-21-17)14(20)23-16(4,5)6/h12H,7-11H2,1-6H3. The van der Waals surface area contributed by atoms with E-state index in [9.17, 15) is 9.59 Å². The number of epoxide rings is 1. The molecule has 1 amide bonds. The van der Waals surface area contributed by atoms with Gasteiger partial charge in [0, 0.05) is 19.0 Å². The van der Waals surface area contributed by atoms with Crippen LogP contribution >= 0.6 is 0 Å². The zero-order valence-corrected chi connectivity index (χ0v) is 15.1. The number of nitrogens with zero attached hydrogens (tertiary/aromatic N) is 1. The van der Waals surface area contributed by atoms with E-state index < -0.39 is 11.2 Å². The van der Waals surface area contributed by atoms with Gasteiger partial charge in [0.2, 0.25) is 0 Å². The first kappa shape index (κ1) is 18.0. The van der Waals surface area contributed by atoms with Gasteiger partial charge in [-0.15, -0.1) is 0 Å². The molecule has 2 atom stereocenters. The lowest BCUT2D eigenvalue weighted by Crippen LogP contribution is -2.50. The summed E-state index contributed by atoms with van der Waals surface area (Å²) in [5, 5.41) is 0. The van der Waals surface area contributed by atoms with Gasteiger partial charge in [0.1, 0.15) is 11.2 Å². The predicted octanol–water partition coefficient (Wildman–Crippen LogP) is 2.74. The minimum atomic E-state index is -0.525. The third-order valence-corrected chi connectivity index (χ3v) is 3.99. The maximum absolute atomic E-state index is 12.3. The second-order valence-corrected chi connectivity index (χ2v) is 8.52. The number of likely N-dealkylation sites (tertiary alicyclic amines) is 1. The van der Waals surface area contributed by atoms with Crippen LogP contribution in [0.5, 0.6) is 0 Å². The molecule has 2 rings (SSSR count). The summed E-state index contributed by atoms with van der Waals surface area (Å²) in [6.45, 7) is 12.8. The number of ether oxygens (including phenoxy) is 3. The van der Waals surface area contributed by atoms with Crippen molar-refractivity contribution in [2.24, 2.45) is 5.92 Å². The summed E-state index contributed by atoms with van der Waals surface area (Å²) in [5.41, 5.74) is -1.29. The summed E-state index contributed by atoms with van der Waals surface area (Å²) in [4.78, 5) is 26.1. The molecule has 0 N–H and O–H groups in total. The van der Waals surface area contributed by atoms with Crippen molar-refractivity contribution in [1.29, 1.82) is 0 Å². The molecule has 0 radical (unpaired) electrons. The van der Waals surface area contributed by atoms with Crippen molar-refractivity contribution in [2.75, 3.05) is 19.7 Å². The number of hydrogen-bond donors (Lipinski definition) is 0. The normalized spacial score (nSPS) is 27.7. The van der Waals surface area contributed by atoms with Crippen molar-refractivity contribution in [3.05, 3.63) is 0 Å². The smallest absolute Gasteiger partial charge is 0.410 e. The first-order valence-corrected chi connectivity index (χ1v) is 8.24. The molecule has 0 aliphatic carbocycles. The van der Waals surface area contributed by atoms with Gasteiger partial charge in [-0.05, 0) is 48.0 Å². The van der Waals surface area contributed by atoms with E-state index in [0.717, 1.165) is 6.42 Å². The topological polar surface area (TPSA) is 68.4 Å². The average Bonchev–Trinajstić information content (AvgIpc) is 3.08. The van der Waals surface area contributed by atoms with Gasteiger partial charge in [-0.2, -0.15) is 0 Å². The van der Waals surface area contributed by atoms with Crippen molar-refractivity contribution in [3.8, 4) is 0 Å². The number of carbonyl (C=O) groups excluding carboxylic acids is 2. The number of hydrogen-bond acceptors (Lipinski definition) is 5. The number of amides is 1. The highest BCUT2D eigenvalue weighted by Gasteiger charge is 2.55. The minimum absolute atomic E-state index is 0.0429. The Morgan fingerprint density at radius 3 is 2.17 bits per heavy atom. The molecule has 0 saturated carbocycles. The van der Waals surface area contributed by atoms with Gasteiger partial charge in [0.05, 0.1) is 18.6 Å². The fourth-order valence-corrected chi connectivity index (χ4v) is 2.85. The van der Waals surface area contributed by atoms with Crippen LogP contribution in [-0.2, 0) is 19.0 Å². The predicted molar refractivity (Wildman–Crippen MR) is 85.1 cm³/mol. The maximum atomic E-state index is 12.3. The molecule has 6 nitrogen and oxygen atoms in total. The van der Waals surface area contributed by atoms with Crippen LogP contribution in [0.2, 0.25) is 0 Å². The summed E-state index contributed by atoms with van der Waals surface area (Å²) in [7, 11) is 0. The Balaban J connectivity index is 1.97. The number of rotatable bonds is 2. The van der Waals surface area contributed by atoms with Crippen molar-refractivity contribution in [1.82, 2.24) is 4.90 Å². The highest BCUT2D eigenvalue weighted by molar-refractivity contribution is 5.71. The molecular weight excluding hydrogens is 298 g/mol. The average molecular weight is 327 g/mol. The molecule has 2 fully saturated rings. The Bertz CT molecular complexity index is 470. The van der Waals surface area contributed by atoms with Gasteiger partial charge in [0.15, 0.2) is 0 Å². The Kier molecular flexibility index (Phi) is 4.68. The summed E-state index contributed by atoms with van der Waals surface area (Å²) in [6, 6.07) is 0. The zero-order chi connectivity index (χ0) is 17.5. The Morgan fingerprint density at radius 2 is 1.70 bits per heavy atom. The molecule has 23 heavy (non-hydrogen) atoms. The van der Waals surface area contributed by atoms with Crippen LogP contribution in [0.1, 0.15) is 54.4 Å². The van der Waals surface area contributed by atoms with Crippen molar-refractivity contribution in [2.45, 2.75) is 71.2 Å².